The van der Waals surface area contributed by atoms with Crippen LogP contribution in [0.2, 0.25) is 5.02 Å². The van der Waals surface area contributed by atoms with E-state index in [0.717, 1.165) is 0 Å². The Balaban J connectivity index is 3.00. The van der Waals surface area contributed by atoms with Crippen LogP contribution >= 0.6 is 11.6 Å². The zero-order valence-electron chi connectivity index (χ0n) is 8.49. The molecule has 0 aromatic heterocycles. The number of fused-ring (bicyclic) bond motifs is 1. The topological polar surface area (TPSA) is 57.5 Å². The minimum absolute atomic E-state index is 0.135. The summed E-state index contributed by atoms with van der Waals surface area (Å²) in [6.07, 6.45) is 0. The molecule has 2 rings (SSSR count). The fourth-order valence-corrected chi connectivity index (χ4v) is 2.03. The Bertz CT molecular complexity index is 590. The summed E-state index contributed by atoms with van der Waals surface area (Å²) < 4.78 is 0. The Morgan fingerprint density at radius 2 is 1.81 bits per heavy atom. The maximum atomic E-state index is 11.0. The van der Waals surface area contributed by atoms with E-state index in [-0.39, 0.29) is 11.3 Å². The molecule has 3 nitrogen and oxygen atoms in total. The molecule has 0 radical (unpaired) electrons. The number of hydrogen-bond donors (Lipinski definition) is 2. The predicted molar refractivity (Wildman–Crippen MR) is 62.3 cm³/mol. The van der Waals surface area contributed by atoms with Gasteiger partial charge in [0.25, 0.3) is 0 Å². The lowest BCUT2D eigenvalue weighted by Gasteiger charge is -2.10. The molecule has 0 saturated carbocycles. The van der Waals surface area contributed by atoms with Crippen LogP contribution in [0.4, 0.5) is 0 Å². The second-order valence-electron chi connectivity index (χ2n) is 3.51. The van der Waals surface area contributed by atoms with Crippen LogP contribution in [0, 0.1) is 6.92 Å². The average molecular weight is 237 g/mol. The minimum Gasteiger partial charge on any atom is -0.506 e. The van der Waals surface area contributed by atoms with E-state index < -0.39 is 5.97 Å². The first-order valence-electron chi connectivity index (χ1n) is 4.67. The summed E-state index contributed by atoms with van der Waals surface area (Å²) in [7, 11) is 0. The molecule has 2 aromatic rings. The Kier molecular flexibility index (Phi) is 2.48. The van der Waals surface area contributed by atoms with E-state index in [1.165, 1.54) is 0 Å². The Hall–Kier alpha value is -1.74. The number of aromatic carboxylic acids is 1. The number of rotatable bonds is 1. The SMILES string of the molecule is Cc1c(C(=O)O)c(O)c2ccccc2c1Cl. The van der Waals surface area contributed by atoms with Gasteiger partial charge in [-0.05, 0) is 12.5 Å². The van der Waals surface area contributed by atoms with Crippen LogP contribution in [-0.2, 0) is 0 Å². The van der Waals surface area contributed by atoms with Crippen molar-refractivity contribution in [2.45, 2.75) is 6.92 Å². The number of carboxylic acid groups (broad SMARTS) is 1. The van der Waals surface area contributed by atoms with Gasteiger partial charge in [-0.3, -0.25) is 0 Å². The van der Waals surface area contributed by atoms with Crippen molar-refractivity contribution in [3.8, 4) is 5.75 Å². The molecule has 2 aromatic carbocycles. The third kappa shape index (κ3) is 1.41. The van der Waals surface area contributed by atoms with Crippen molar-refractivity contribution in [2.24, 2.45) is 0 Å². The summed E-state index contributed by atoms with van der Waals surface area (Å²) in [5, 5.41) is 20.4. The third-order valence-corrected chi connectivity index (χ3v) is 3.06. The molecule has 0 aliphatic rings. The maximum Gasteiger partial charge on any atom is 0.339 e. The van der Waals surface area contributed by atoms with Gasteiger partial charge in [0.1, 0.15) is 11.3 Å². The summed E-state index contributed by atoms with van der Waals surface area (Å²) in [6, 6.07) is 6.89. The van der Waals surface area contributed by atoms with Crippen LogP contribution in [0.25, 0.3) is 10.8 Å². The summed E-state index contributed by atoms with van der Waals surface area (Å²) in [4.78, 5) is 11.0. The molecule has 0 bridgehead atoms. The lowest BCUT2D eigenvalue weighted by Crippen LogP contribution is -2.01. The van der Waals surface area contributed by atoms with Crippen LogP contribution in [-0.4, -0.2) is 16.2 Å². The molecule has 0 unspecified atom stereocenters. The van der Waals surface area contributed by atoms with Crippen LogP contribution in [0.3, 0.4) is 0 Å². The summed E-state index contributed by atoms with van der Waals surface area (Å²) in [5.41, 5.74) is 0.245. The van der Waals surface area contributed by atoms with Crippen molar-refractivity contribution in [2.75, 3.05) is 0 Å². The first kappa shape index (κ1) is 10.8. The number of carbonyl (C=O) groups is 1. The number of hydrogen-bond acceptors (Lipinski definition) is 2. The van der Waals surface area contributed by atoms with Gasteiger partial charge in [-0.2, -0.15) is 0 Å². The first-order valence-corrected chi connectivity index (χ1v) is 5.05. The van der Waals surface area contributed by atoms with E-state index in [9.17, 15) is 9.90 Å². The second kappa shape index (κ2) is 3.68. The first-order chi connectivity index (χ1) is 7.54. The van der Waals surface area contributed by atoms with Crippen LogP contribution in [0.5, 0.6) is 5.75 Å². The van der Waals surface area contributed by atoms with Gasteiger partial charge in [0.2, 0.25) is 0 Å². The Morgan fingerprint density at radius 3 is 2.38 bits per heavy atom. The van der Waals surface area contributed by atoms with Gasteiger partial charge in [0.15, 0.2) is 0 Å². The Labute approximate surface area is 96.9 Å². The highest BCUT2D eigenvalue weighted by Crippen LogP contribution is 2.37. The molecular formula is C12H9ClO3. The molecule has 0 saturated heterocycles. The van der Waals surface area contributed by atoms with E-state index in [0.29, 0.717) is 21.4 Å². The number of carboxylic acids is 1. The minimum atomic E-state index is -1.18. The standard InChI is InChI=1S/C12H9ClO3/c1-6-9(12(15)16)11(14)8-5-3-2-4-7(8)10(6)13/h2-5,14H,1H3,(H,15,16). The van der Waals surface area contributed by atoms with Crippen molar-refractivity contribution < 1.29 is 15.0 Å². The largest absolute Gasteiger partial charge is 0.506 e. The van der Waals surface area contributed by atoms with Gasteiger partial charge in [0.05, 0.1) is 5.02 Å². The molecule has 0 heterocycles. The van der Waals surface area contributed by atoms with Crippen LogP contribution in [0.15, 0.2) is 24.3 Å². The lowest BCUT2D eigenvalue weighted by molar-refractivity contribution is 0.0693. The highest BCUT2D eigenvalue weighted by atomic mass is 35.5. The summed E-state index contributed by atoms with van der Waals surface area (Å²) in [5.74, 6) is -1.41. The fourth-order valence-electron chi connectivity index (χ4n) is 1.77. The highest BCUT2D eigenvalue weighted by Gasteiger charge is 2.19. The molecule has 0 spiro atoms. The van der Waals surface area contributed by atoms with Crippen molar-refractivity contribution in [3.63, 3.8) is 0 Å². The number of phenols is 1. The Morgan fingerprint density at radius 1 is 1.25 bits per heavy atom. The van der Waals surface area contributed by atoms with Crippen LogP contribution in [0.1, 0.15) is 15.9 Å². The average Bonchev–Trinajstić information content (AvgIpc) is 2.26. The normalized spacial score (nSPS) is 10.6. The number of benzene rings is 2. The lowest BCUT2D eigenvalue weighted by atomic mass is 10.00. The van der Waals surface area contributed by atoms with Gasteiger partial charge < -0.3 is 10.2 Å². The molecule has 0 fully saturated rings. The van der Waals surface area contributed by atoms with Crippen molar-refractivity contribution in [1.82, 2.24) is 0 Å². The summed E-state index contributed by atoms with van der Waals surface area (Å²) in [6.45, 7) is 1.58. The molecular weight excluding hydrogens is 228 g/mol. The molecule has 16 heavy (non-hydrogen) atoms. The van der Waals surface area contributed by atoms with E-state index in [2.05, 4.69) is 0 Å². The van der Waals surface area contributed by atoms with Gasteiger partial charge in [-0.15, -0.1) is 0 Å². The third-order valence-electron chi connectivity index (χ3n) is 2.57. The van der Waals surface area contributed by atoms with E-state index in [4.69, 9.17) is 16.7 Å². The molecule has 0 aliphatic heterocycles. The second-order valence-corrected chi connectivity index (χ2v) is 3.89. The van der Waals surface area contributed by atoms with Gasteiger partial charge >= 0.3 is 5.97 Å². The molecule has 2 N–H and O–H groups in total. The molecule has 82 valence electrons. The summed E-state index contributed by atoms with van der Waals surface area (Å²) >= 11 is 6.07. The zero-order chi connectivity index (χ0) is 11.9. The van der Waals surface area contributed by atoms with Gasteiger partial charge in [-0.1, -0.05) is 35.9 Å². The van der Waals surface area contributed by atoms with Crippen molar-refractivity contribution in [3.05, 3.63) is 40.4 Å². The van der Waals surface area contributed by atoms with Crippen LogP contribution < -0.4 is 0 Å². The van der Waals surface area contributed by atoms with E-state index in [1.54, 1.807) is 31.2 Å². The monoisotopic (exact) mass is 236 g/mol. The van der Waals surface area contributed by atoms with Crippen molar-refractivity contribution >= 4 is 28.3 Å². The van der Waals surface area contributed by atoms with E-state index in [1.807, 2.05) is 0 Å². The smallest absolute Gasteiger partial charge is 0.339 e. The fraction of sp³-hybridized carbons (Fsp3) is 0.0833. The molecule has 0 amide bonds. The maximum absolute atomic E-state index is 11.0. The number of aromatic hydroxyl groups is 1. The predicted octanol–water partition coefficient (Wildman–Crippen LogP) is 3.21. The molecule has 0 atom stereocenters. The van der Waals surface area contributed by atoms with Gasteiger partial charge in [0, 0.05) is 10.8 Å². The van der Waals surface area contributed by atoms with Gasteiger partial charge in [-0.25, -0.2) is 4.79 Å². The van der Waals surface area contributed by atoms with E-state index >= 15 is 0 Å². The number of halogens is 1. The molecule has 0 aliphatic carbocycles. The zero-order valence-corrected chi connectivity index (χ0v) is 9.25. The highest BCUT2D eigenvalue weighted by molar-refractivity contribution is 6.37. The molecule has 4 heteroatoms. The quantitative estimate of drug-likeness (QED) is 0.799. The van der Waals surface area contributed by atoms with Crippen molar-refractivity contribution in [1.29, 1.82) is 0 Å².